The van der Waals surface area contributed by atoms with Crippen molar-refractivity contribution in [2.24, 2.45) is 0 Å². The first-order chi connectivity index (χ1) is 10.2. The fraction of sp³-hybridized carbons (Fsp3) is 0.500. The Kier molecular flexibility index (Phi) is 3.75. The highest BCUT2D eigenvalue weighted by Gasteiger charge is 2.46. The third kappa shape index (κ3) is 2.69. The molecule has 112 valence electrons. The Balaban J connectivity index is 1.77. The number of nitrogens with zero attached hydrogens (tertiary/aromatic N) is 1. The van der Waals surface area contributed by atoms with Crippen LogP contribution in [-0.4, -0.2) is 29.4 Å². The number of amides is 1. The monoisotopic (exact) mass is 284 g/mol. The standard InChI is InChI=1S/C18H24N2O/c1-3-4-9-17(21)20(2)13-18(10-11-18)15-12-19-16-8-6-5-7-14(15)16/h5-8,12,19H,3-4,9-11,13H2,1-2H3. The Labute approximate surface area is 126 Å². The molecule has 0 radical (unpaired) electrons. The van der Waals surface area contributed by atoms with Crippen molar-refractivity contribution in [3.63, 3.8) is 0 Å². The molecule has 0 bridgehead atoms. The van der Waals surface area contributed by atoms with Gasteiger partial charge in [-0.3, -0.25) is 4.79 Å². The minimum atomic E-state index is 0.177. The van der Waals surface area contributed by atoms with Gasteiger partial charge in [0.25, 0.3) is 0 Å². The highest BCUT2D eigenvalue weighted by atomic mass is 16.2. The third-order valence-corrected chi connectivity index (χ3v) is 4.72. The van der Waals surface area contributed by atoms with Crippen LogP contribution in [-0.2, 0) is 10.2 Å². The molecular weight excluding hydrogens is 260 g/mol. The molecule has 21 heavy (non-hydrogen) atoms. The van der Waals surface area contributed by atoms with Crippen LogP contribution in [0.3, 0.4) is 0 Å². The SMILES string of the molecule is CCCCC(=O)N(C)CC1(c2c[nH]c3ccccc23)CC1. The molecule has 1 fully saturated rings. The van der Waals surface area contributed by atoms with Crippen LogP contribution in [0.4, 0.5) is 0 Å². The zero-order chi connectivity index (χ0) is 14.9. The van der Waals surface area contributed by atoms with Crippen LogP contribution in [0.1, 0.15) is 44.6 Å². The highest BCUT2D eigenvalue weighted by molar-refractivity contribution is 5.85. The molecule has 1 amide bonds. The summed E-state index contributed by atoms with van der Waals surface area (Å²) >= 11 is 0. The molecule has 0 atom stereocenters. The normalized spacial score (nSPS) is 16.1. The van der Waals surface area contributed by atoms with Gasteiger partial charge in [-0.15, -0.1) is 0 Å². The Hall–Kier alpha value is -1.77. The molecule has 1 aromatic heterocycles. The number of carbonyl (C=O) groups is 1. The van der Waals surface area contributed by atoms with Crippen LogP contribution >= 0.6 is 0 Å². The molecule has 1 aliphatic rings. The average Bonchev–Trinajstić information content (AvgIpc) is 3.13. The van der Waals surface area contributed by atoms with Crippen molar-refractivity contribution in [1.29, 1.82) is 0 Å². The molecule has 1 saturated carbocycles. The molecule has 1 aromatic carbocycles. The number of nitrogens with one attached hydrogen (secondary N) is 1. The van der Waals surface area contributed by atoms with E-state index in [1.165, 1.54) is 29.3 Å². The summed E-state index contributed by atoms with van der Waals surface area (Å²) in [6.07, 6.45) is 7.25. The molecule has 3 nitrogen and oxygen atoms in total. The van der Waals surface area contributed by atoms with Crippen LogP contribution in [0, 0.1) is 0 Å². The van der Waals surface area contributed by atoms with Crippen molar-refractivity contribution in [3.05, 3.63) is 36.0 Å². The smallest absolute Gasteiger partial charge is 0.222 e. The minimum Gasteiger partial charge on any atom is -0.361 e. The molecule has 0 saturated heterocycles. The lowest BCUT2D eigenvalue weighted by atomic mass is 9.94. The Morgan fingerprint density at radius 3 is 2.81 bits per heavy atom. The molecular formula is C18H24N2O. The van der Waals surface area contributed by atoms with E-state index >= 15 is 0 Å². The number of aromatic amines is 1. The first kappa shape index (κ1) is 14.2. The van der Waals surface area contributed by atoms with E-state index in [2.05, 4.69) is 42.4 Å². The average molecular weight is 284 g/mol. The van der Waals surface area contributed by atoms with Gasteiger partial charge in [0, 0.05) is 42.5 Å². The van der Waals surface area contributed by atoms with Gasteiger partial charge in [-0.25, -0.2) is 0 Å². The molecule has 1 heterocycles. The number of H-pyrrole nitrogens is 1. The van der Waals surface area contributed by atoms with Gasteiger partial charge in [0.05, 0.1) is 0 Å². The van der Waals surface area contributed by atoms with Gasteiger partial charge in [-0.1, -0.05) is 31.5 Å². The van der Waals surface area contributed by atoms with E-state index in [0.717, 1.165) is 19.4 Å². The van der Waals surface area contributed by atoms with Crippen LogP contribution in [0.25, 0.3) is 10.9 Å². The minimum absolute atomic E-state index is 0.177. The van der Waals surface area contributed by atoms with Crippen LogP contribution in [0.5, 0.6) is 0 Å². The van der Waals surface area contributed by atoms with Gasteiger partial charge in [-0.05, 0) is 30.9 Å². The molecule has 0 unspecified atom stereocenters. The van der Waals surface area contributed by atoms with E-state index in [4.69, 9.17) is 0 Å². The second-order valence-corrected chi connectivity index (χ2v) is 6.38. The van der Waals surface area contributed by atoms with Gasteiger partial charge in [-0.2, -0.15) is 0 Å². The summed E-state index contributed by atoms with van der Waals surface area (Å²) in [5, 5.41) is 1.31. The van der Waals surface area contributed by atoms with Crippen LogP contribution in [0.15, 0.2) is 30.5 Å². The van der Waals surface area contributed by atoms with Crippen LogP contribution in [0.2, 0.25) is 0 Å². The van der Waals surface area contributed by atoms with E-state index in [9.17, 15) is 4.79 Å². The van der Waals surface area contributed by atoms with E-state index in [-0.39, 0.29) is 11.3 Å². The van der Waals surface area contributed by atoms with E-state index in [0.29, 0.717) is 6.42 Å². The second kappa shape index (κ2) is 5.55. The largest absolute Gasteiger partial charge is 0.361 e. The summed E-state index contributed by atoms with van der Waals surface area (Å²) in [5.74, 6) is 0.281. The Bertz CT molecular complexity index is 639. The number of aromatic nitrogens is 1. The lowest BCUT2D eigenvalue weighted by molar-refractivity contribution is -0.130. The molecule has 3 rings (SSSR count). The molecule has 1 aliphatic carbocycles. The van der Waals surface area contributed by atoms with Crippen molar-refractivity contribution in [3.8, 4) is 0 Å². The summed E-state index contributed by atoms with van der Waals surface area (Å²) in [6.45, 7) is 2.97. The summed E-state index contributed by atoms with van der Waals surface area (Å²) in [5.41, 5.74) is 2.75. The topological polar surface area (TPSA) is 36.1 Å². The Morgan fingerprint density at radius 1 is 1.33 bits per heavy atom. The summed E-state index contributed by atoms with van der Waals surface area (Å²) in [6, 6.07) is 8.44. The predicted molar refractivity (Wildman–Crippen MR) is 86.4 cm³/mol. The highest BCUT2D eigenvalue weighted by Crippen LogP contribution is 2.50. The number of rotatable bonds is 6. The zero-order valence-corrected chi connectivity index (χ0v) is 13.0. The summed E-state index contributed by atoms with van der Waals surface area (Å²) in [4.78, 5) is 17.5. The number of hydrogen-bond acceptors (Lipinski definition) is 1. The number of para-hydroxylation sites is 1. The van der Waals surface area contributed by atoms with Gasteiger partial charge in [0.15, 0.2) is 0 Å². The number of hydrogen-bond donors (Lipinski definition) is 1. The van der Waals surface area contributed by atoms with Crippen molar-refractivity contribution >= 4 is 16.8 Å². The van der Waals surface area contributed by atoms with E-state index < -0.39 is 0 Å². The lowest BCUT2D eigenvalue weighted by Crippen LogP contribution is -2.34. The van der Waals surface area contributed by atoms with Gasteiger partial charge >= 0.3 is 0 Å². The summed E-state index contributed by atoms with van der Waals surface area (Å²) in [7, 11) is 1.95. The number of unbranched alkanes of at least 4 members (excludes halogenated alkanes) is 1. The maximum absolute atomic E-state index is 12.2. The fourth-order valence-electron chi connectivity index (χ4n) is 3.23. The zero-order valence-electron chi connectivity index (χ0n) is 13.0. The van der Waals surface area contributed by atoms with Gasteiger partial charge in [0.2, 0.25) is 5.91 Å². The molecule has 0 spiro atoms. The number of likely N-dealkylation sites (N-methyl/N-ethyl adjacent to an activating group) is 1. The first-order valence-corrected chi connectivity index (χ1v) is 7.97. The first-order valence-electron chi connectivity index (χ1n) is 7.97. The Morgan fingerprint density at radius 2 is 2.10 bits per heavy atom. The van der Waals surface area contributed by atoms with Gasteiger partial charge < -0.3 is 9.88 Å². The van der Waals surface area contributed by atoms with E-state index in [1.807, 2.05) is 11.9 Å². The van der Waals surface area contributed by atoms with Crippen molar-refractivity contribution in [2.75, 3.05) is 13.6 Å². The number of fused-ring (bicyclic) bond motifs is 1. The van der Waals surface area contributed by atoms with Crippen LogP contribution < -0.4 is 0 Å². The molecule has 0 aliphatic heterocycles. The molecule has 1 N–H and O–H groups in total. The number of carbonyl (C=O) groups excluding carboxylic acids is 1. The lowest BCUT2D eigenvalue weighted by Gasteiger charge is -2.24. The maximum Gasteiger partial charge on any atom is 0.222 e. The van der Waals surface area contributed by atoms with Crippen molar-refractivity contribution in [1.82, 2.24) is 9.88 Å². The molecule has 2 aromatic rings. The van der Waals surface area contributed by atoms with Gasteiger partial charge in [0.1, 0.15) is 0 Å². The quantitative estimate of drug-likeness (QED) is 0.859. The predicted octanol–water partition coefficient (Wildman–Crippen LogP) is 3.85. The summed E-state index contributed by atoms with van der Waals surface area (Å²) < 4.78 is 0. The second-order valence-electron chi connectivity index (χ2n) is 6.38. The van der Waals surface area contributed by atoms with E-state index in [1.54, 1.807) is 0 Å². The fourth-order valence-corrected chi connectivity index (χ4v) is 3.23. The number of benzene rings is 1. The third-order valence-electron chi connectivity index (χ3n) is 4.72. The molecule has 3 heteroatoms. The van der Waals surface area contributed by atoms with Crippen molar-refractivity contribution < 1.29 is 4.79 Å². The maximum atomic E-state index is 12.2. The van der Waals surface area contributed by atoms with Crippen molar-refractivity contribution in [2.45, 2.75) is 44.4 Å².